The van der Waals surface area contributed by atoms with E-state index in [-0.39, 0.29) is 5.97 Å². The molecule has 21 heavy (non-hydrogen) atoms. The largest absolute Gasteiger partial charge is 0.462 e. The van der Waals surface area contributed by atoms with Crippen LogP contribution in [0.3, 0.4) is 0 Å². The number of rotatable bonds is 15. The molecule has 0 rings (SSSR count). The SMILES string of the molecule is C=C(C)C(=O)OCCCCCCCCOCCCCCC. The van der Waals surface area contributed by atoms with Crippen LogP contribution in [0.4, 0.5) is 0 Å². The summed E-state index contributed by atoms with van der Waals surface area (Å²) in [6.07, 6.45) is 12.0. The molecule has 0 atom stereocenters. The molecule has 0 aliphatic rings. The first kappa shape index (κ1) is 20.2. The Kier molecular flexibility index (Phi) is 14.9. The van der Waals surface area contributed by atoms with Crippen LogP contribution in [0.25, 0.3) is 0 Å². The van der Waals surface area contributed by atoms with Crippen molar-refractivity contribution in [3.05, 3.63) is 12.2 Å². The van der Waals surface area contributed by atoms with E-state index in [0.29, 0.717) is 12.2 Å². The molecule has 0 saturated carbocycles. The van der Waals surface area contributed by atoms with Crippen LogP contribution in [0.5, 0.6) is 0 Å². The van der Waals surface area contributed by atoms with E-state index < -0.39 is 0 Å². The molecular weight excluding hydrogens is 264 g/mol. The lowest BCUT2D eigenvalue weighted by Gasteiger charge is -2.05. The van der Waals surface area contributed by atoms with Crippen LogP contribution in [0.15, 0.2) is 12.2 Å². The van der Waals surface area contributed by atoms with E-state index in [4.69, 9.17) is 9.47 Å². The quantitative estimate of drug-likeness (QED) is 0.241. The maximum Gasteiger partial charge on any atom is 0.333 e. The number of ether oxygens (including phenoxy) is 2. The van der Waals surface area contributed by atoms with E-state index in [1.165, 1.54) is 51.4 Å². The van der Waals surface area contributed by atoms with Crippen molar-refractivity contribution in [1.82, 2.24) is 0 Å². The van der Waals surface area contributed by atoms with Crippen LogP contribution in [0, 0.1) is 0 Å². The first-order chi connectivity index (χ1) is 10.2. The smallest absolute Gasteiger partial charge is 0.333 e. The van der Waals surface area contributed by atoms with Crippen LogP contribution in [0.2, 0.25) is 0 Å². The summed E-state index contributed by atoms with van der Waals surface area (Å²) in [5, 5.41) is 0. The summed E-state index contributed by atoms with van der Waals surface area (Å²) < 4.78 is 10.7. The van der Waals surface area contributed by atoms with Gasteiger partial charge in [-0.15, -0.1) is 0 Å². The highest BCUT2D eigenvalue weighted by atomic mass is 16.5. The van der Waals surface area contributed by atoms with Crippen molar-refractivity contribution >= 4 is 5.97 Å². The van der Waals surface area contributed by atoms with Gasteiger partial charge in [-0.3, -0.25) is 0 Å². The highest BCUT2D eigenvalue weighted by molar-refractivity contribution is 5.86. The molecular formula is C18H34O3. The Morgan fingerprint density at radius 3 is 1.81 bits per heavy atom. The molecule has 0 spiro atoms. The summed E-state index contributed by atoms with van der Waals surface area (Å²) in [5.41, 5.74) is 0.477. The number of hydrogen-bond acceptors (Lipinski definition) is 3. The Labute approximate surface area is 131 Å². The first-order valence-corrected chi connectivity index (χ1v) is 8.58. The molecule has 124 valence electrons. The second-order valence-corrected chi connectivity index (χ2v) is 5.71. The molecule has 0 aliphatic heterocycles. The fourth-order valence-corrected chi connectivity index (χ4v) is 2.03. The van der Waals surface area contributed by atoms with Crippen LogP contribution >= 0.6 is 0 Å². The van der Waals surface area contributed by atoms with Crippen molar-refractivity contribution in [3.8, 4) is 0 Å². The lowest BCUT2D eigenvalue weighted by Crippen LogP contribution is -2.06. The second kappa shape index (κ2) is 15.6. The van der Waals surface area contributed by atoms with E-state index in [1.54, 1.807) is 6.92 Å². The Morgan fingerprint density at radius 2 is 1.29 bits per heavy atom. The van der Waals surface area contributed by atoms with Gasteiger partial charge in [0.15, 0.2) is 0 Å². The predicted octanol–water partition coefficient (Wildman–Crippen LogP) is 5.04. The van der Waals surface area contributed by atoms with Gasteiger partial charge in [0, 0.05) is 18.8 Å². The fraction of sp³-hybridized carbons (Fsp3) is 0.833. The van der Waals surface area contributed by atoms with Gasteiger partial charge in [-0.05, 0) is 26.2 Å². The van der Waals surface area contributed by atoms with Crippen molar-refractivity contribution in [1.29, 1.82) is 0 Å². The maximum absolute atomic E-state index is 11.1. The third kappa shape index (κ3) is 15.4. The van der Waals surface area contributed by atoms with E-state index >= 15 is 0 Å². The van der Waals surface area contributed by atoms with Gasteiger partial charge in [0.25, 0.3) is 0 Å². The van der Waals surface area contributed by atoms with Crippen molar-refractivity contribution in [3.63, 3.8) is 0 Å². The van der Waals surface area contributed by atoms with Gasteiger partial charge in [-0.1, -0.05) is 58.4 Å². The fourth-order valence-electron chi connectivity index (χ4n) is 2.03. The molecule has 0 aliphatic carbocycles. The first-order valence-electron chi connectivity index (χ1n) is 8.58. The van der Waals surface area contributed by atoms with Gasteiger partial charge in [-0.2, -0.15) is 0 Å². The van der Waals surface area contributed by atoms with E-state index in [0.717, 1.165) is 26.1 Å². The average molecular weight is 298 g/mol. The summed E-state index contributed by atoms with van der Waals surface area (Å²) in [6.45, 7) is 9.81. The number of esters is 1. The van der Waals surface area contributed by atoms with Crippen LogP contribution in [-0.4, -0.2) is 25.8 Å². The van der Waals surface area contributed by atoms with Gasteiger partial charge in [-0.25, -0.2) is 4.79 Å². The molecule has 0 saturated heterocycles. The molecule has 0 aromatic heterocycles. The van der Waals surface area contributed by atoms with Gasteiger partial charge in [0.05, 0.1) is 6.61 Å². The minimum Gasteiger partial charge on any atom is -0.462 e. The Balaban J connectivity index is 3.06. The van der Waals surface area contributed by atoms with Crippen molar-refractivity contribution in [2.45, 2.75) is 78.1 Å². The normalized spacial score (nSPS) is 10.6. The monoisotopic (exact) mass is 298 g/mol. The van der Waals surface area contributed by atoms with Gasteiger partial charge >= 0.3 is 5.97 Å². The summed E-state index contributed by atoms with van der Waals surface area (Å²) >= 11 is 0. The zero-order valence-electron chi connectivity index (χ0n) is 14.1. The molecule has 0 bridgehead atoms. The third-order valence-electron chi connectivity index (χ3n) is 3.41. The third-order valence-corrected chi connectivity index (χ3v) is 3.41. The van der Waals surface area contributed by atoms with E-state index in [1.807, 2.05) is 0 Å². The summed E-state index contributed by atoms with van der Waals surface area (Å²) in [4.78, 5) is 11.1. The topological polar surface area (TPSA) is 35.5 Å². The zero-order chi connectivity index (χ0) is 15.8. The molecule has 0 aromatic carbocycles. The zero-order valence-corrected chi connectivity index (χ0v) is 14.1. The lowest BCUT2D eigenvalue weighted by molar-refractivity contribution is -0.139. The van der Waals surface area contributed by atoms with Crippen LogP contribution in [-0.2, 0) is 14.3 Å². The van der Waals surface area contributed by atoms with Crippen molar-refractivity contribution in [2.24, 2.45) is 0 Å². The predicted molar refractivity (Wildman–Crippen MR) is 88.4 cm³/mol. The van der Waals surface area contributed by atoms with Crippen LogP contribution < -0.4 is 0 Å². The standard InChI is InChI=1S/C18H34O3/c1-4-5-6-11-14-20-15-12-9-7-8-10-13-16-21-18(19)17(2)3/h2,4-16H2,1,3H3. The Bertz CT molecular complexity index is 261. The minimum atomic E-state index is -0.272. The second-order valence-electron chi connectivity index (χ2n) is 5.71. The molecule has 0 fully saturated rings. The Morgan fingerprint density at radius 1 is 0.810 bits per heavy atom. The van der Waals surface area contributed by atoms with E-state index in [9.17, 15) is 4.79 Å². The molecule has 0 amide bonds. The summed E-state index contributed by atoms with van der Waals surface area (Å²) in [7, 11) is 0. The average Bonchev–Trinajstić information content (AvgIpc) is 2.47. The molecule has 0 aromatic rings. The molecule has 0 unspecified atom stereocenters. The van der Waals surface area contributed by atoms with Gasteiger partial charge < -0.3 is 9.47 Å². The summed E-state index contributed by atoms with van der Waals surface area (Å²) in [5.74, 6) is -0.272. The van der Waals surface area contributed by atoms with Gasteiger partial charge in [0.1, 0.15) is 0 Å². The molecule has 3 nitrogen and oxygen atoms in total. The summed E-state index contributed by atoms with van der Waals surface area (Å²) in [6, 6.07) is 0. The van der Waals surface area contributed by atoms with E-state index in [2.05, 4.69) is 13.5 Å². The Hall–Kier alpha value is -0.830. The molecule has 0 heterocycles. The highest BCUT2D eigenvalue weighted by Crippen LogP contribution is 2.07. The minimum absolute atomic E-state index is 0.272. The molecule has 3 heteroatoms. The molecule has 0 radical (unpaired) electrons. The number of carbonyl (C=O) groups is 1. The maximum atomic E-state index is 11.1. The number of carbonyl (C=O) groups excluding carboxylic acids is 1. The number of unbranched alkanes of at least 4 members (excludes halogenated alkanes) is 8. The van der Waals surface area contributed by atoms with Crippen molar-refractivity contribution in [2.75, 3.05) is 19.8 Å². The molecule has 0 N–H and O–H groups in total. The van der Waals surface area contributed by atoms with Gasteiger partial charge in [0.2, 0.25) is 0 Å². The highest BCUT2D eigenvalue weighted by Gasteiger charge is 2.01. The lowest BCUT2D eigenvalue weighted by atomic mass is 10.1. The van der Waals surface area contributed by atoms with Crippen LogP contribution in [0.1, 0.15) is 78.1 Å². The van der Waals surface area contributed by atoms with Crippen molar-refractivity contribution < 1.29 is 14.3 Å². The number of hydrogen-bond donors (Lipinski definition) is 0.